The van der Waals surface area contributed by atoms with Crippen LogP contribution < -0.4 is 0 Å². The summed E-state index contributed by atoms with van der Waals surface area (Å²) in [6.45, 7) is 2.92. The standard InChI is InChI=1S/C20H22O6/c1-13(25-19(23)15-9-5-3-6-10-15)17(21)18(22)14(2)26-20(24)16-11-7-4-8-12-16/h3-14,17-18,21-22H,1-2H3/t13-,14-,17-,18+/m1/s1. The van der Waals surface area contributed by atoms with Gasteiger partial charge in [-0.2, -0.15) is 0 Å². The van der Waals surface area contributed by atoms with Gasteiger partial charge in [-0.15, -0.1) is 0 Å². The summed E-state index contributed by atoms with van der Waals surface area (Å²) in [6.07, 6.45) is -4.81. The molecule has 0 bridgehead atoms. The quantitative estimate of drug-likeness (QED) is 0.737. The number of rotatable bonds is 7. The van der Waals surface area contributed by atoms with E-state index >= 15 is 0 Å². The summed E-state index contributed by atoms with van der Waals surface area (Å²) < 4.78 is 10.3. The van der Waals surface area contributed by atoms with Crippen LogP contribution in [0.5, 0.6) is 0 Å². The molecule has 0 aromatic heterocycles. The molecule has 2 N–H and O–H groups in total. The highest BCUT2D eigenvalue weighted by Crippen LogP contribution is 2.14. The molecule has 6 heteroatoms. The van der Waals surface area contributed by atoms with E-state index in [1.54, 1.807) is 60.7 Å². The number of carbonyl (C=O) groups is 2. The van der Waals surface area contributed by atoms with Crippen molar-refractivity contribution in [1.82, 2.24) is 0 Å². The van der Waals surface area contributed by atoms with E-state index in [4.69, 9.17) is 9.47 Å². The van der Waals surface area contributed by atoms with Crippen molar-refractivity contribution >= 4 is 11.9 Å². The van der Waals surface area contributed by atoms with E-state index in [-0.39, 0.29) is 0 Å². The van der Waals surface area contributed by atoms with Crippen LogP contribution in [-0.4, -0.2) is 46.6 Å². The number of hydrogen-bond donors (Lipinski definition) is 2. The van der Waals surface area contributed by atoms with Gasteiger partial charge in [-0.1, -0.05) is 36.4 Å². The van der Waals surface area contributed by atoms with Gasteiger partial charge in [0.2, 0.25) is 0 Å². The predicted molar refractivity (Wildman–Crippen MR) is 94.7 cm³/mol. The van der Waals surface area contributed by atoms with E-state index < -0.39 is 36.4 Å². The van der Waals surface area contributed by atoms with Crippen molar-refractivity contribution in [2.45, 2.75) is 38.3 Å². The fourth-order valence-corrected chi connectivity index (χ4v) is 2.32. The molecule has 0 aliphatic rings. The van der Waals surface area contributed by atoms with Gasteiger partial charge in [-0.05, 0) is 38.1 Å². The number of esters is 2. The van der Waals surface area contributed by atoms with Gasteiger partial charge >= 0.3 is 11.9 Å². The van der Waals surface area contributed by atoms with Crippen molar-refractivity contribution in [2.75, 3.05) is 0 Å². The van der Waals surface area contributed by atoms with Gasteiger partial charge in [-0.25, -0.2) is 9.59 Å². The van der Waals surface area contributed by atoms with Crippen LogP contribution in [0.3, 0.4) is 0 Å². The second-order valence-electron chi connectivity index (χ2n) is 5.93. The van der Waals surface area contributed by atoms with Crippen molar-refractivity contribution in [3.63, 3.8) is 0 Å². The molecule has 2 aromatic carbocycles. The zero-order valence-electron chi connectivity index (χ0n) is 14.6. The lowest BCUT2D eigenvalue weighted by Crippen LogP contribution is -2.45. The first-order chi connectivity index (χ1) is 12.4. The first kappa shape index (κ1) is 19.6. The average Bonchev–Trinajstić information content (AvgIpc) is 2.67. The molecule has 0 saturated carbocycles. The van der Waals surface area contributed by atoms with Gasteiger partial charge in [0.1, 0.15) is 24.4 Å². The SMILES string of the molecule is C[C@@H](OC(=O)c1ccccc1)[C@H](O)[C@H](O)[C@@H](C)OC(=O)c1ccccc1. The minimum atomic E-state index is -1.42. The van der Waals surface area contributed by atoms with Crippen LogP contribution in [0.4, 0.5) is 0 Å². The molecule has 0 aliphatic carbocycles. The number of hydrogen-bond acceptors (Lipinski definition) is 6. The third kappa shape index (κ3) is 5.15. The van der Waals surface area contributed by atoms with Gasteiger partial charge in [0, 0.05) is 0 Å². The maximum Gasteiger partial charge on any atom is 0.338 e. The first-order valence-electron chi connectivity index (χ1n) is 8.28. The van der Waals surface area contributed by atoms with Crippen molar-refractivity contribution in [3.8, 4) is 0 Å². The van der Waals surface area contributed by atoms with Gasteiger partial charge in [0.05, 0.1) is 11.1 Å². The highest BCUT2D eigenvalue weighted by Gasteiger charge is 2.32. The number of benzene rings is 2. The lowest BCUT2D eigenvalue weighted by Gasteiger charge is -2.27. The van der Waals surface area contributed by atoms with Crippen LogP contribution in [0.25, 0.3) is 0 Å². The Hall–Kier alpha value is -2.70. The van der Waals surface area contributed by atoms with E-state index in [1.165, 1.54) is 13.8 Å². The molecule has 2 aromatic rings. The summed E-state index contributed by atoms with van der Waals surface area (Å²) >= 11 is 0. The van der Waals surface area contributed by atoms with Crippen LogP contribution in [0, 0.1) is 0 Å². The van der Waals surface area contributed by atoms with Gasteiger partial charge in [-0.3, -0.25) is 0 Å². The molecule has 4 atom stereocenters. The van der Waals surface area contributed by atoms with Crippen molar-refractivity contribution in [1.29, 1.82) is 0 Å². The smallest absolute Gasteiger partial charge is 0.338 e. The van der Waals surface area contributed by atoms with Crippen LogP contribution in [-0.2, 0) is 9.47 Å². The summed E-state index contributed by atoms with van der Waals surface area (Å²) in [5.74, 6) is -1.23. The molecule has 0 saturated heterocycles. The van der Waals surface area contributed by atoms with Crippen LogP contribution >= 0.6 is 0 Å². The Labute approximate surface area is 152 Å². The minimum Gasteiger partial charge on any atom is -0.456 e. The highest BCUT2D eigenvalue weighted by atomic mass is 16.6. The van der Waals surface area contributed by atoms with Crippen molar-refractivity contribution in [3.05, 3.63) is 71.8 Å². The maximum atomic E-state index is 12.0. The number of ether oxygens (including phenoxy) is 2. The van der Waals surface area contributed by atoms with Gasteiger partial charge in [0.25, 0.3) is 0 Å². The molecule has 0 aliphatic heterocycles. The molecule has 6 nitrogen and oxygen atoms in total. The zero-order chi connectivity index (χ0) is 19.1. The molecule has 2 rings (SSSR count). The monoisotopic (exact) mass is 358 g/mol. The van der Waals surface area contributed by atoms with E-state index in [2.05, 4.69) is 0 Å². The summed E-state index contributed by atoms with van der Waals surface area (Å²) in [4.78, 5) is 24.0. The van der Waals surface area contributed by atoms with Gasteiger partial charge < -0.3 is 19.7 Å². The lowest BCUT2D eigenvalue weighted by molar-refractivity contribution is -0.104. The Morgan fingerprint density at radius 1 is 0.692 bits per heavy atom. The molecule has 0 amide bonds. The number of aliphatic hydroxyl groups excluding tert-OH is 2. The van der Waals surface area contributed by atoms with E-state index in [0.717, 1.165) is 0 Å². The number of aliphatic hydroxyl groups is 2. The average molecular weight is 358 g/mol. The molecule has 0 fully saturated rings. The normalized spacial score (nSPS) is 15.4. The molecule has 26 heavy (non-hydrogen) atoms. The second kappa shape index (κ2) is 9.12. The molecule has 0 radical (unpaired) electrons. The van der Waals surface area contributed by atoms with E-state index in [9.17, 15) is 19.8 Å². The Kier molecular flexibility index (Phi) is 6.89. The van der Waals surface area contributed by atoms with Gasteiger partial charge in [0.15, 0.2) is 0 Å². The lowest BCUT2D eigenvalue weighted by atomic mass is 10.0. The van der Waals surface area contributed by atoms with Crippen molar-refractivity contribution in [2.24, 2.45) is 0 Å². The summed E-state index contributed by atoms with van der Waals surface area (Å²) in [6, 6.07) is 16.6. The Morgan fingerprint density at radius 2 is 1.00 bits per heavy atom. The van der Waals surface area contributed by atoms with Crippen LogP contribution in [0.15, 0.2) is 60.7 Å². The predicted octanol–water partition coefficient (Wildman–Crippen LogP) is 2.20. The maximum absolute atomic E-state index is 12.0. The minimum absolute atomic E-state index is 0.338. The van der Waals surface area contributed by atoms with Crippen LogP contribution in [0.1, 0.15) is 34.6 Å². The molecular weight excluding hydrogens is 336 g/mol. The molecule has 0 heterocycles. The third-order valence-corrected chi connectivity index (χ3v) is 3.92. The van der Waals surface area contributed by atoms with E-state index in [1.807, 2.05) is 0 Å². The zero-order valence-corrected chi connectivity index (χ0v) is 14.6. The molecular formula is C20H22O6. The summed E-state index contributed by atoms with van der Waals surface area (Å²) in [5, 5.41) is 20.4. The van der Waals surface area contributed by atoms with Crippen LogP contribution in [0.2, 0.25) is 0 Å². The van der Waals surface area contributed by atoms with Crippen molar-refractivity contribution < 1.29 is 29.3 Å². The summed E-state index contributed by atoms with van der Waals surface area (Å²) in [5.41, 5.74) is 0.675. The Balaban J connectivity index is 1.91. The molecule has 0 spiro atoms. The van der Waals surface area contributed by atoms with E-state index in [0.29, 0.717) is 11.1 Å². The number of carbonyl (C=O) groups excluding carboxylic acids is 2. The Bertz CT molecular complexity index is 652. The Morgan fingerprint density at radius 3 is 1.31 bits per heavy atom. The third-order valence-electron chi connectivity index (χ3n) is 3.92. The first-order valence-corrected chi connectivity index (χ1v) is 8.28. The fraction of sp³-hybridized carbons (Fsp3) is 0.300. The fourth-order valence-electron chi connectivity index (χ4n) is 2.32. The molecule has 0 unspecified atom stereocenters. The highest BCUT2D eigenvalue weighted by molar-refractivity contribution is 5.89. The summed E-state index contributed by atoms with van der Waals surface area (Å²) in [7, 11) is 0. The largest absolute Gasteiger partial charge is 0.456 e. The molecule has 138 valence electrons. The second-order valence-corrected chi connectivity index (χ2v) is 5.93. The topological polar surface area (TPSA) is 93.1 Å².